The van der Waals surface area contributed by atoms with Crippen LogP contribution in [0.25, 0.3) is 10.6 Å². The van der Waals surface area contributed by atoms with Crippen LogP contribution in [0.1, 0.15) is 47.8 Å². The second kappa shape index (κ2) is 7.41. The van der Waals surface area contributed by atoms with Gasteiger partial charge in [-0.1, -0.05) is 30.1 Å². The van der Waals surface area contributed by atoms with Crippen LogP contribution in [-0.4, -0.2) is 22.5 Å². The largest absolute Gasteiger partial charge is 0.355 e. The maximum absolute atomic E-state index is 13.6. The minimum atomic E-state index is -0.399. The molecule has 1 saturated heterocycles. The van der Waals surface area contributed by atoms with E-state index in [1.165, 1.54) is 12.1 Å². The zero-order valence-corrected chi connectivity index (χ0v) is 15.0. The van der Waals surface area contributed by atoms with Gasteiger partial charge in [-0.15, -0.1) is 11.3 Å². The normalized spacial score (nSPS) is 17.9. The fourth-order valence-electron chi connectivity index (χ4n) is 3.43. The Labute approximate surface area is 155 Å². The van der Waals surface area contributed by atoms with Gasteiger partial charge in [-0.25, -0.2) is 4.39 Å². The van der Waals surface area contributed by atoms with Crippen molar-refractivity contribution in [3.63, 3.8) is 0 Å². The molecule has 0 saturated carbocycles. The third-order valence-corrected chi connectivity index (χ3v) is 5.60. The molecule has 0 spiro atoms. The summed E-state index contributed by atoms with van der Waals surface area (Å²) < 4.78 is 19.1. The Morgan fingerprint density at radius 2 is 2.12 bits per heavy atom. The second-order valence-corrected chi connectivity index (χ2v) is 7.42. The molecule has 1 aliphatic heterocycles. The molecule has 1 atom stereocenters. The Morgan fingerprint density at radius 3 is 2.92 bits per heavy atom. The number of aromatic nitrogens is 1. The number of amides is 1. The van der Waals surface area contributed by atoms with Crippen LogP contribution in [0.4, 0.5) is 4.39 Å². The number of nitrogens with zero attached hydrogens (tertiary/aromatic N) is 2. The average molecular weight is 370 g/mol. The molecule has 134 valence electrons. The van der Waals surface area contributed by atoms with Gasteiger partial charge >= 0.3 is 0 Å². The SMILES string of the molecule is O=C(c1cccc(F)c1)N1CCCCC[C@@H]1c1cc(-c2cccs2)on1. The lowest BCUT2D eigenvalue weighted by molar-refractivity contribution is 0.0673. The van der Waals surface area contributed by atoms with E-state index in [0.717, 1.165) is 42.0 Å². The summed E-state index contributed by atoms with van der Waals surface area (Å²) in [6, 6.07) is 11.6. The topological polar surface area (TPSA) is 46.3 Å². The minimum Gasteiger partial charge on any atom is -0.355 e. The molecule has 4 rings (SSSR count). The second-order valence-electron chi connectivity index (χ2n) is 6.47. The van der Waals surface area contributed by atoms with Crippen LogP contribution < -0.4 is 0 Å². The Hall–Kier alpha value is -2.47. The molecule has 2 aromatic heterocycles. The van der Waals surface area contributed by atoms with Crippen molar-refractivity contribution in [2.45, 2.75) is 31.7 Å². The van der Waals surface area contributed by atoms with Gasteiger partial charge in [0, 0.05) is 18.2 Å². The molecule has 3 heterocycles. The number of thiophene rings is 1. The first-order valence-corrected chi connectivity index (χ1v) is 9.67. The highest BCUT2D eigenvalue weighted by molar-refractivity contribution is 7.13. The van der Waals surface area contributed by atoms with Crippen LogP contribution in [0.2, 0.25) is 0 Å². The lowest BCUT2D eigenvalue weighted by Gasteiger charge is -2.28. The van der Waals surface area contributed by atoms with Crippen molar-refractivity contribution in [3.05, 3.63) is 64.9 Å². The summed E-state index contributed by atoms with van der Waals surface area (Å²) in [5.41, 5.74) is 1.14. The molecule has 1 fully saturated rings. The fourth-order valence-corrected chi connectivity index (χ4v) is 4.10. The van der Waals surface area contributed by atoms with Gasteiger partial charge in [-0.05, 0) is 42.5 Å². The maximum Gasteiger partial charge on any atom is 0.254 e. The van der Waals surface area contributed by atoms with Crippen molar-refractivity contribution in [3.8, 4) is 10.6 Å². The summed E-state index contributed by atoms with van der Waals surface area (Å²) in [6.07, 6.45) is 3.86. The van der Waals surface area contributed by atoms with Crippen molar-refractivity contribution >= 4 is 17.2 Å². The molecular formula is C20H19FN2O2S. The molecule has 1 amide bonds. The Kier molecular flexibility index (Phi) is 4.84. The molecule has 0 N–H and O–H groups in total. The van der Waals surface area contributed by atoms with Crippen molar-refractivity contribution < 1.29 is 13.7 Å². The summed E-state index contributed by atoms with van der Waals surface area (Å²) in [7, 11) is 0. The number of hydrogen-bond donors (Lipinski definition) is 0. The van der Waals surface area contributed by atoms with Gasteiger partial charge in [0.05, 0.1) is 10.9 Å². The molecule has 1 aliphatic rings. The Bertz CT molecular complexity index is 891. The molecule has 0 bridgehead atoms. The molecule has 26 heavy (non-hydrogen) atoms. The van der Waals surface area contributed by atoms with E-state index in [0.29, 0.717) is 12.1 Å². The number of rotatable bonds is 3. The first-order valence-electron chi connectivity index (χ1n) is 8.79. The smallest absolute Gasteiger partial charge is 0.254 e. The van der Waals surface area contributed by atoms with Crippen LogP contribution in [0.15, 0.2) is 52.4 Å². The number of likely N-dealkylation sites (tertiary alicyclic amines) is 1. The van der Waals surface area contributed by atoms with Gasteiger partial charge in [0.25, 0.3) is 5.91 Å². The molecular weight excluding hydrogens is 351 g/mol. The Morgan fingerprint density at radius 1 is 1.19 bits per heavy atom. The number of carbonyl (C=O) groups excluding carboxylic acids is 1. The highest BCUT2D eigenvalue weighted by Gasteiger charge is 2.30. The average Bonchev–Trinajstić information content (AvgIpc) is 3.29. The first kappa shape index (κ1) is 17.0. The van der Waals surface area contributed by atoms with E-state index >= 15 is 0 Å². The third kappa shape index (κ3) is 3.42. The first-order chi connectivity index (χ1) is 12.7. The molecule has 0 unspecified atom stereocenters. The van der Waals surface area contributed by atoms with Crippen molar-refractivity contribution in [1.82, 2.24) is 10.1 Å². The van der Waals surface area contributed by atoms with E-state index in [1.54, 1.807) is 23.5 Å². The van der Waals surface area contributed by atoms with Crippen molar-refractivity contribution in [2.24, 2.45) is 0 Å². The number of carbonyl (C=O) groups is 1. The van der Waals surface area contributed by atoms with E-state index in [-0.39, 0.29) is 11.9 Å². The summed E-state index contributed by atoms with van der Waals surface area (Å²) >= 11 is 1.59. The summed E-state index contributed by atoms with van der Waals surface area (Å²) in [4.78, 5) is 15.9. The molecule has 3 aromatic rings. The lowest BCUT2D eigenvalue weighted by atomic mass is 10.0. The van der Waals surface area contributed by atoms with Gasteiger partial charge < -0.3 is 9.42 Å². The van der Waals surface area contributed by atoms with Gasteiger partial charge in [0.1, 0.15) is 11.5 Å². The predicted molar refractivity (Wildman–Crippen MR) is 98.5 cm³/mol. The van der Waals surface area contributed by atoms with E-state index in [1.807, 2.05) is 28.5 Å². The monoisotopic (exact) mass is 370 g/mol. The number of benzene rings is 1. The van der Waals surface area contributed by atoms with Crippen LogP contribution >= 0.6 is 11.3 Å². The van der Waals surface area contributed by atoms with E-state index in [4.69, 9.17) is 4.52 Å². The molecule has 6 heteroatoms. The summed E-state index contributed by atoms with van der Waals surface area (Å²) in [6.45, 7) is 0.640. The fraction of sp³-hybridized carbons (Fsp3) is 0.300. The molecule has 0 aliphatic carbocycles. The predicted octanol–water partition coefficient (Wildman–Crippen LogP) is 5.30. The van der Waals surface area contributed by atoms with Gasteiger partial charge in [-0.2, -0.15) is 0 Å². The van der Waals surface area contributed by atoms with E-state index in [2.05, 4.69) is 5.16 Å². The van der Waals surface area contributed by atoms with E-state index in [9.17, 15) is 9.18 Å². The molecule has 0 radical (unpaired) electrons. The van der Waals surface area contributed by atoms with E-state index < -0.39 is 5.82 Å². The molecule has 1 aromatic carbocycles. The van der Waals surface area contributed by atoms with Gasteiger partial charge in [0.15, 0.2) is 5.76 Å². The van der Waals surface area contributed by atoms with Crippen molar-refractivity contribution in [1.29, 1.82) is 0 Å². The van der Waals surface area contributed by atoms with Gasteiger partial charge in [-0.3, -0.25) is 4.79 Å². The van der Waals surface area contributed by atoms with Crippen LogP contribution in [0, 0.1) is 5.82 Å². The zero-order chi connectivity index (χ0) is 17.9. The van der Waals surface area contributed by atoms with Crippen molar-refractivity contribution in [2.75, 3.05) is 6.54 Å². The van der Waals surface area contributed by atoms with Gasteiger partial charge in [0.2, 0.25) is 0 Å². The number of hydrogen-bond acceptors (Lipinski definition) is 4. The Balaban J connectivity index is 1.65. The summed E-state index contributed by atoms with van der Waals surface area (Å²) in [5.74, 6) is 0.165. The quantitative estimate of drug-likeness (QED) is 0.628. The third-order valence-electron chi connectivity index (χ3n) is 4.72. The van der Waals surface area contributed by atoms with Crippen LogP contribution in [-0.2, 0) is 0 Å². The zero-order valence-electron chi connectivity index (χ0n) is 14.2. The molecule has 4 nitrogen and oxygen atoms in total. The summed E-state index contributed by atoms with van der Waals surface area (Å²) in [5, 5.41) is 6.23. The van der Waals surface area contributed by atoms with Crippen LogP contribution in [0.3, 0.4) is 0 Å². The maximum atomic E-state index is 13.6. The minimum absolute atomic E-state index is 0.147. The lowest BCUT2D eigenvalue weighted by Crippen LogP contribution is -2.35. The highest BCUT2D eigenvalue weighted by atomic mass is 32.1. The number of halogens is 1. The van der Waals surface area contributed by atoms with Crippen LogP contribution in [0.5, 0.6) is 0 Å². The standard InChI is InChI=1S/C20H19FN2O2S/c21-15-7-4-6-14(12-15)20(24)23-10-3-1-2-8-17(23)16-13-18(25-22-16)19-9-5-11-26-19/h4-7,9,11-13,17H,1-3,8,10H2/t17-/m1/s1. The highest BCUT2D eigenvalue weighted by Crippen LogP contribution is 2.34.